The molecule has 0 unspecified atom stereocenters. The van der Waals surface area contributed by atoms with E-state index in [1.54, 1.807) is 31.1 Å². The van der Waals surface area contributed by atoms with Crippen molar-refractivity contribution in [3.8, 4) is 0 Å². The molecule has 19 heavy (non-hydrogen) atoms. The zero-order valence-electron chi connectivity index (χ0n) is 10.7. The van der Waals surface area contributed by atoms with Crippen molar-refractivity contribution in [2.45, 2.75) is 12.5 Å². The molecule has 5 nitrogen and oxygen atoms in total. The van der Waals surface area contributed by atoms with E-state index in [1.807, 2.05) is 6.26 Å². The Hall–Kier alpha value is -0.500. The summed E-state index contributed by atoms with van der Waals surface area (Å²) in [4.78, 5) is 23.2. The first kappa shape index (κ1) is 18.5. The molecule has 108 valence electrons. The summed E-state index contributed by atoms with van der Waals surface area (Å²) in [7, 11) is 1.62. The lowest BCUT2D eigenvalue weighted by Gasteiger charge is -2.12. The van der Waals surface area contributed by atoms with Gasteiger partial charge in [0, 0.05) is 13.2 Å². The Morgan fingerprint density at radius 3 is 2.79 bits per heavy atom. The number of rotatable bonds is 5. The molecule has 1 heterocycles. The van der Waals surface area contributed by atoms with Gasteiger partial charge in [0.15, 0.2) is 0 Å². The lowest BCUT2D eigenvalue weighted by atomic mass is 10.2. The van der Waals surface area contributed by atoms with Crippen molar-refractivity contribution < 1.29 is 4.79 Å². The first-order valence-corrected chi connectivity index (χ1v) is 7.56. The van der Waals surface area contributed by atoms with Crippen LogP contribution in [-0.2, 0) is 11.8 Å². The molecule has 3 N–H and O–H groups in total. The highest BCUT2D eigenvalue weighted by Crippen LogP contribution is 2.12. The molecule has 8 heteroatoms. The highest BCUT2D eigenvalue weighted by molar-refractivity contribution is 9.10. The van der Waals surface area contributed by atoms with Crippen molar-refractivity contribution in [3.05, 3.63) is 27.1 Å². The number of nitrogens with zero attached hydrogens (tertiary/aromatic N) is 1. The van der Waals surface area contributed by atoms with Crippen LogP contribution < -0.4 is 16.6 Å². The second-order valence-electron chi connectivity index (χ2n) is 3.87. The maximum Gasteiger partial charge on any atom is 0.264 e. The Balaban J connectivity index is 0.00000324. The van der Waals surface area contributed by atoms with Gasteiger partial charge >= 0.3 is 0 Å². The summed E-state index contributed by atoms with van der Waals surface area (Å²) in [6.45, 7) is 0. The highest BCUT2D eigenvalue weighted by atomic mass is 79.9. The number of hydrogen-bond acceptors (Lipinski definition) is 4. The molecule has 0 bridgehead atoms. The number of nitrogens with one attached hydrogen (secondary N) is 1. The van der Waals surface area contributed by atoms with Crippen LogP contribution in [0.1, 0.15) is 6.42 Å². The SMILES string of the molecule is CSCC[C@H](N)C(=O)Nc1cc(Br)c(=O)n(C)c1.Cl. The summed E-state index contributed by atoms with van der Waals surface area (Å²) in [5.74, 6) is 0.598. The Labute approximate surface area is 130 Å². The number of hydrogen-bond donors (Lipinski definition) is 2. The predicted molar refractivity (Wildman–Crippen MR) is 86.2 cm³/mol. The first-order valence-electron chi connectivity index (χ1n) is 5.37. The Morgan fingerprint density at radius 1 is 1.63 bits per heavy atom. The summed E-state index contributed by atoms with van der Waals surface area (Å²) in [5, 5.41) is 2.70. The summed E-state index contributed by atoms with van der Waals surface area (Å²) < 4.78 is 1.80. The minimum absolute atomic E-state index is 0. The fourth-order valence-electron chi connectivity index (χ4n) is 1.35. The molecule has 0 saturated carbocycles. The molecule has 0 radical (unpaired) electrons. The van der Waals surface area contributed by atoms with E-state index in [0.29, 0.717) is 16.6 Å². The maximum absolute atomic E-state index is 11.8. The topological polar surface area (TPSA) is 77.1 Å². The summed E-state index contributed by atoms with van der Waals surface area (Å²) in [6, 6.07) is 1.04. The fourth-order valence-corrected chi connectivity index (χ4v) is 2.37. The zero-order valence-corrected chi connectivity index (χ0v) is 13.9. The molecule has 0 aliphatic rings. The predicted octanol–water partition coefficient (Wildman–Crippen LogP) is 1.59. The molecule has 0 spiro atoms. The van der Waals surface area contributed by atoms with Gasteiger partial charge in [-0.25, -0.2) is 0 Å². The Kier molecular flexibility index (Phi) is 8.40. The molecule has 0 fully saturated rings. The summed E-state index contributed by atoms with van der Waals surface area (Å²) in [5.41, 5.74) is 6.15. The van der Waals surface area contributed by atoms with E-state index in [9.17, 15) is 9.59 Å². The average Bonchev–Trinajstić information content (AvgIpc) is 2.32. The van der Waals surface area contributed by atoms with E-state index < -0.39 is 6.04 Å². The van der Waals surface area contributed by atoms with Crippen molar-refractivity contribution >= 4 is 51.7 Å². The van der Waals surface area contributed by atoms with Crippen LogP contribution in [0.4, 0.5) is 5.69 Å². The number of pyridine rings is 1. The molecule has 0 saturated heterocycles. The molecule has 0 aliphatic heterocycles. The smallest absolute Gasteiger partial charge is 0.264 e. The lowest BCUT2D eigenvalue weighted by Crippen LogP contribution is -2.36. The van der Waals surface area contributed by atoms with Gasteiger partial charge < -0.3 is 15.6 Å². The van der Waals surface area contributed by atoms with Crippen LogP contribution in [0.25, 0.3) is 0 Å². The van der Waals surface area contributed by atoms with Crippen LogP contribution in [0.2, 0.25) is 0 Å². The number of anilines is 1. The zero-order chi connectivity index (χ0) is 13.7. The molecule has 1 rings (SSSR count). The summed E-state index contributed by atoms with van der Waals surface area (Å²) in [6.07, 6.45) is 4.15. The van der Waals surface area contributed by atoms with Gasteiger partial charge in [-0.05, 0) is 40.4 Å². The second-order valence-corrected chi connectivity index (χ2v) is 5.71. The van der Waals surface area contributed by atoms with Crippen molar-refractivity contribution in [1.82, 2.24) is 4.57 Å². The van der Waals surface area contributed by atoms with Crippen molar-refractivity contribution in [2.75, 3.05) is 17.3 Å². The Morgan fingerprint density at radius 2 is 2.26 bits per heavy atom. The summed E-state index contributed by atoms with van der Waals surface area (Å²) >= 11 is 4.79. The number of amides is 1. The number of aromatic nitrogens is 1. The number of carbonyl (C=O) groups excluding carboxylic acids is 1. The quantitative estimate of drug-likeness (QED) is 0.825. The van der Waals surface area contributed by atoms with E-state index in [0.717, 1.165) is 5.75 Å². The molecule has 1 amide bonds. The van der Waals surface area contributed by atoms with Gasteiger partial charge in [-0.3, -0.25) is 9.59 Å². The Bertz CT molecular complexity index is 469. The third-order valence-electron chi connectivity index (χ3n) is 2.38. The number of halogens is 2. The van der Waals surface area contributed by atoms with Crippen LogP contribution in [-0.4, -0.2) is 28.5 Å². The van der Waals surface area contributed by atoms with E-state index in [1.165, 1.54) is 4.57 Å². The van der Waals surface area contributed by atoms with Gasteiger partial charge in [-0.2, -0.15) is 11.8 Å². The minimum Gasteiger partial charge on any atom is -0.323 e. The number of aryl methyl sites for hydroxylation is 1. The van der Waals surface area contributed by atoms with Crippen LogP contribution in [0.15, 0.2) is 21.5 Å². The molecule has 0 aliphatic carbocycles. The third-order valence-corrected chi connectivity index (χ3v) is 3.59. The minimum atomic E-state index is -0.534. The largest absolute Gasteiger partial charge is 0.323 e. The van der Waals surface area contributed by atoms with E-state index in [-0.39, 0.29) is 23.9 Å². The maximum atomic E-state index is 11.8. The third kappa shape index (κ3) is 5.56. The van der Waals surface area contributed by atoms with Crippen LogP contribution in [0, 0.1) is 0 Å². The van der Waals surface area contributed by atoms with Crippen molar-refractivity contribution in [3.63, 3.8) is 0 Å². The van der Waals surface area contributed by atoms with Crippen molar-refractivity contribution in [1.29, 1.82) is 0 Å². The van der Waals surface area contributed by atoms with Gasteiger partial charge in [0.2, 0.25) is 5.91 Å². The van der Waals surface area contributed by atoms with Gasteiger partial charge in [-0.15, -0.1) is 12.4 Å². The van der Waals surface area contributed by atoms with Crippen LogP contribution >= 0.6 is 40.1 Å². The first-order chi connectivity index (χ1) is 8.45. The van der Waals surface area contributed by atoms with Crippen LogP contribution in [0.5, 0.6) is 0 Å². The lowest BCUT2D eigenvalue weighted by molar-refractivity contribution is -0.117. The van der Waals surface area contributed by atoms with Gasteiger partial charge in [0.1, 0.15) is 0 Å². The number of thioether (sulfide) groups is 1. The second kappa shape index (κ2) is 8.63. The number of carbonyl (C=O) groups is 1. The van der Waals surface area contributed by atoms with Crippen molar-refractivity contribution in [2.24, 2.45) is 12.8 Å². The standard InChI is InChI=1S/C11H16BrN3O2S.ClH/c1-15-6-7(5-8(12)11(15)17)14-10(16)9(13)3-4-18-2;/h5-6,9H,3-4,13H2,1-2H3,(H,14,16);1H/t9-;/m0./s1. The molecule has 1 atom stereocenters. The van der Waals surface area contributed by atoms with E-state index in [2.05, 4.69) is 21.2 Å². The van der Waals surface area contributed by atoms with E-state index >= 15 is 0 Å². The van der Waals surface area contributed by atoms with Gasteiger partial charge in [-0.1, -0.05) is 0 Å². The van der Waals surface area contributed by atoms with E-state index in [4.69, 9.17) is 5.73 Å². The molecular weight excluding hydrogens is 354 g/mol. The van der Waals surface area contributed by atoms with Gasteiger partial charge in [0.25, 0.3) is 5.56 Å². The molecular formula is C11H17BrClN3O2S. The number of nitrogens with two attached hydrogens (primary N) is 1. The highest BCUT2D eigenvalue weighted by Gasteiger charge is 2.13. The molecule has 0 aromatic carbocycles. The fraction of sp³-hybridized carbons (Fsp3) is 0.455. The molecule has 1 aromatic rings. The van der Waals surface area contributed by atoms with Gasteiger partial charge in [0.05, 0.1) is 16.2 Å². The van der Waals surface area contributed by atoms with Crippen LogP contribution in [0.3, 0.4) is 0 Å². The monoisotopic (exact) mass is 369 g/mol. The normalized spacial score (nSPS) is 11.6. The molecule has 1 aromatic heterocycles. The average molecular weight is 371 g/mol.